The molecule has 0 amide bonds. The minimum absolute atomic E-state index is 0.360. The smallest absolute Gasteiger partial charge is 0.419 e. The second kappa shape index (κ2) is 8.80. The molecule has 0 fully saturated rings. The lowest BCUT2D eigenvalue weighted by molar-refractivity contribution is 0.415. The minimum atomic E-state index is -0.360. The highest BCUT2D eigenvalue weighted by Crippen LogP contribution is 2.28. The molecule has 0 saturated heterocycles. The highest BCUT2D eigenvalue weighted by Gasteiger charge is 2.17. The Kier molecular flexibility index (Phi) is 5.55. The molecule has 8 nitrogen and oxygen atoms in total. The zero-order valence-corrected chi connectivity index (χ0v) is 18.1. The highest BCUT2D eigenvalue weighted by molar-refractivity contribution is 7.99. The quantitative estimate of drug-likeness (QED) is 0.327. The number of hydrogen-bond donors (Lipinski definition) is 0. The second-order valence-corrected chi connectivity index (χ2v) is 8.10. The number of furan rings is 1. The molecule has 162 valence electrons. The van der Waals surface area contributed by atoms with Crippen molar-refractivity contribution in [1.82, 2.24) is 19.3 Å². The van der Waals surface area contributed by atoms with Crippen LogP contribution in [0.3, 0.4) is 0 Å². The number of benzene rings is 2. The number of ether oxygens (including phenoxy) is 1. The molecule has 5 rings (SSSR count). The van der Waals surface area contributed by atoms with E-state index in [-0.39, 0.29) is 5.76 Å². The number of rotatable bonds is 8. The van der Waals surface area contributed by atoms with Crippen molar-refractivity contribution in [3.63, 3.8) is 0 Å². The van der Waals surface area contributed by atoms with E-state index in [1.807, 2.05) is 59.2 Å². The molecule has 0 saturated carbocycles. The summed E-state index contributed by atoms with van der Waals surface area (Å²) in [6.07, 6.45) is 1.65. The van der Waals surface area contributed by atoms with Gasteiger partial charge in [-0.3, -0.25) is 9.13 Å². The standard InChI is InChI=1S/C23H20N4O4S/c1-29-17-7-4-6-16(14-17)21-24-25-22(27(21)15-18-8-5-12-30-18)32-13-11-26-19-9-2-3-10-20(19)31-23(26)28/h2-10,12,14H,11,13,15H2,1H3. The molecule has 2 aromatic carbocycles. The van der Waals surface area contributed by atoms with Gasteiger partial charge in [0.2, 0.25) is 0 Å². The van der Waals surface area contributed by atoms with Gasteiger partial charge in [-0.05, 0) is 36.4 Å². The lowest BCUT2D eigenvalue weighted by atomic mass is 10.2. The summed E-state index contributed by atoms with van der Waals surface area (Å²) in [4.78, 5) is 12.2. The number of fused-ring (bicyclic) bond motifs is 1. The number of para-hydroxylation sites is 2. The molecule has 0 aliphatic carbocycles. The van der Waals surface area contributed by atoms with Crippen molar-refractivity contribution in [3.8, 4) is 17.1 Å². The highest BCUT2D eigenvalue weighted by atomic mass is 32.2. The summed E-state index contributed by atoms with van der Waals surface area (Å²) in [5, 5.41) is 9.58. The molecule has 3 aromatic heterocycles. The maximum absolute atomic E-state index is 12.2. The van der Waals surface area contributed by atoms with Crippen molar-refractivity contribution in [2.24, 2.45) is 0 Å². The maximum Gasteiger partial charge on any atom is 0.419 e. The van der Waals surface area contributed by atoms with Crippen LogP contribution in [0.15, 0.2) is 85.7 Å². The molecule has 32 heavy (non-hydrogen) atoms. The van der Waals surface area contributed by atoms with Crippen LogP contribution in [0, 0.1) is 0 Å². The first-order chi connectivity index (χ1) is 15.7. The summed E-state index contributed by atoms with van der Waals surface area (Å²) in [6.45, 7) is 0.978. The fourth-order valence-electron chi connectivity index (χ4n) is 3.53. The average molecular weight is 449 g/mol. The number of nitrogens with zero attached hydrogens (tertiary/aromatic N) is 4. The Labute approximate surface area is 187 Å². The fourth-order valence-corrected chi connectivity index (χ4v) is 4.39. The fraction of sp³-hybridized carbons (Fsp3) is 0.174. The largest absolute Gasteiger partial charge is 0.497 e. The van der Waals surface area contributed by atoms with E-state index < -0.39 is 0 Å². The van der Waals surface area contributed by atoms with Gasteiger partial charge >= 0.3 is 5.76 Å². The Bertz CT molecular complexity index is 1400. The molecule has 0 aliphatic heterocycles. The van der Waals surface area contributed by atoms with Crippen molar-refractivity contribution < 1.29 is 13.6 Å². The third-order valence-electron chi connectivity index (χ3n) is 5.06. The predicted molar refractivity (Wildman–Crippen MR) is 121 cm³/mol. The van der Waals surface area contributed by atoms with E-state index >= 15 is 0 Å². The summed E-state index contributed by atoms with van der Waals surface area (Å²) in [5.41, 5.74) is 2.27. The van der Waals surface area contributed by atoms with Crippen molar-refractivity contribution in [2.45, 2.75) is 18.2 Å². The average Bonchev–Trinajstić information content (AvgIpc) is 3.54. The third kappa shape index (κ3) is 3.94. The number of aromatic nitrogens is 4. The van der Waals surface area contributed by atoms with Crippen LogP contribution in [-0.2, 0) is 13.1 Å². The molecule has 0 unspecified atom stereocenters. The molecule has 0 spiro atoms. The lowest BCUT2D eigenvalue weighted by Gasteiger charge is -2.10. The SMILES string of the molecule is COc1cccc(-c2nnc(SCCn3c(=O)oc4ccccc43)n2Cc2ccco2)c1. The molecule has 0 atom stereocenters. The lowest BCUT2D eigenvalue weighted by Crippen LogP contribution is -2.15. The van der Waals surface area contributed by atoms with E-state index in [4.69, 9.17) is 13.6 Å². The minimum Gasteiger partial charge on any atom is -0.497 e. The van der Waals surface area contributed by atoms with Crippen molar-refractivity contribution >= 4 is 22.9 Å². The molecule has 9 heteroatoms. The predicted octanol–water partition coefficient (Wildman–Crippen LogP) is 4.30. The van der Waals surface area contributed by atoms with Crippen LogP contribution >= 0.6 is 11.8 Å². The molecule has 0 bridgehead atoms. The van der Waals surface area contributed by atoms with Crippen LogP contribution < -0.4 is 10.5 Å². The van der Waals surface area contributed by atoms with Crippen molar-refractivity contribution in [2.75, 3.05) is 12.9 Å². The van der Waals surface area contributed by atoms with Gasteiger partial charge in [-0.2, -0.15) is 0 Å². The van der Waals surface area contributed by atoms with E-state index in [1.54, 1.807) is 24.0 Å². The van der Waals surface area contributed by atoms with Gasteiger partial charge in [-0.15, -0.1) is 10.2 Å². The van der Waals surface area contributed by atoms with Crippen molar-refractivity contribution in [3.05, 3.63) is 83.2 Å². The molecular weight excluding hydrogens is 428 g/mol. The topological polar surface area (TPSA) is 88.2 Å². The molecule has 0 aliphatic rings. The van der Waals surface area contributed by atoms with Gasteiger partial charge < -0.3 is 13.6 Å². The number of aryl methyl sites for hydroxylation is 1. The molecular formula is C23H20N4O4S. The van der Waals surface area contributed by atoms with Gasteiger partial charge in [0.05, 0.1) is 25.4 Å². The first-order valence-electron chi connectivity index (χ1n) is 10.0. The first-order valence-corrected chi connectivity index (χ1v) is 11.0. The zero-order valence-electron chi connectivity index (χ0n) is 17.3. The number of methoxy groups -OCH3 is 1. The van der Waals surface area contributed by atoms with E-state index in [2.05, 4.69) is 10.2 Å². The monoisotopic (exact) mass is 448 g/mol. The van der Waals surface area contributed by atoms with Gasteiger partial charge in [-0.1, -0.05) is 36.0 Å². The second-order valence-electron chi connectivity index (χ2n) is 7.04. The maximum atomic E-state index is 12.2. The van der Waals surface area contributed by atoms with Gasteiger partial charge in [0.1, 0.15) is 11.5 Å². The van der Waals surface area contributed by atoms with E-state index in [1.165, 1.54) is 11.8 Å². The van der Waals surface area contributed by atoms with Crippen LogP contribution in [-0.4, -0.2) is 32.2 Å². The first kappa shape index (κ1) is 20.2. The Morgan fingerprint density at radius 2 is 1.94 bits per heavy atom. The molecule has 0 N–H and O–H groups in total. The molecule has 0 radical (unpaired) electrons. The Morgan fingerprint density at radius 1 is 1.03 bits per heavy atom. The van der Waals surface area contributed by atoms with E-state index in [9.17, 15) is 4.79 Å². The summed E-state index contributed by atoms with van der Waals surface area (Å²) >= 11 is 1.52. The number of oxazole rings is 1. The van der Waals surface area contributed by atoms with Gasteiger partial charge in [0.25, 0.3) is 0 Å². The summed E-state index contributed by atoms with van der Waals surface area (Å²) in [6, 6.07) is 18.9. The van der Waals surface area contributed by atoms with Gasteiger partial charge in [0.15, 0.2) is 16.6 Å². The van der Waals surface area contributed by atoms with Gasteiger partial charge in [-0.25, -0.2) is 4.79 Å². The van der Waals surface area contributed by atoms with Crippen LogP contribution in [0.1, 0.15) is 5.76 Å². The number of thioether (sulfide) groups is 1. The summed E-state index contributed by atoms with van der Waals surface area (Å²) < 4.78 is 19.9. The number of hydrogen-bond acceptors (Lipinski definition) is 7. The summed E-state index contributed by atoms with van der Waals surface area (Å²) in [5.74, 6) is 2.52. The molecule has 3 heterocycles. The van der Waals surface area contributed by atoms with Crippen LogP contribution in [0.5, 0.6) is 5.75 Å². The van der Waals surface area contributed by atoms with E-state index in [0.29, 0.717) is 30.2 Å². The van der Waals surface area contributed by atoms with Crippen LogP contribution in [0.2, 0.25) is 0 Å². The summed E-state index contributed by atoms with van der Waals surface area (Å²) in [7, 11) is 1.63. The van der Waals surface area contributed by atoms with Crippen molar-refractivity contribution in [1.29, 1.82) is 0 Å². The Hall–Kier alpha value is -3.72. The Balaban J connectivity index is 1.42. The van der Waals surface area contributed by atoms with Crippen LogP contribution in [0.4, 0.5) is 0 Å². The van der Waals surface area contributed by atoms with E-state index in [0.717, 1.165) is 27.7 Å². The third-order valence-corrected chi connectivity index (χ3v) is 6.01. The normalized spacial score (nSPS) is 11.3. The molecule has 5 aromatic rings. The zero-order chi connectivity index (χ0) is 21.9. The van der Waals surface area contributed by atoms with Gasteiger partial charge in [0, 0.05) is 17.9 Å². The Morgan fingerprint density at radius 3 is 2.78 bits per heavy atom. The van der Waals surface area contributed by atoms with Crippen LogP contribution in [0.25, 0.3) is 22.5 Å².